The Bertz CT molecular complexity index is 385. The summed E-state index contributed by atoms with van der Waals surface area (Å²) in [6, 6.07) is 4.03. The monoisotopic (exact) mass is 260 g/mol. The second kappa shape index (κ2) is 7.27. The van der Waals surface area contributed by atoms with Gasteiger partial charge in [0.25, 0.3) is 0 Å². The first-order chi connectivity index (χ1) is 9.25. The first-order valence-electron chi connectivity index (χ1n) is 7.38. The van der Waals surface area contributed by atoms with Gasteiger partial charge in [-0.3, -0.25) is 9.78 Å². The van der Waals surface area contributed by atoms with Crippen molar-refractivity contribution in [3.8, 4) is 0 Å². The lowest BCUT2D eigenvalue weighted by atomic mass is 9.87. The van der Waals surface area contributed by atoms with Crippen LogP contribution in [0.4, 0.5) is 0 Å². The maximum atomic E-state index is 12.1. The number of amides is 1. The van der Waals surface area contributed by atoms with Crippen LogP contribution in [-0.4, -0.2) is 29.4 Å². The van der Waals surface area contributed by atoms with Crippen LogP contribution in [0.3, 0.4) is 0 Å². The van der Waals surface area contributed by atoms with Gasteiger partial charge < -0.3 is 4.90 Å². The highest BCUT2D eigenvalue weighted by Gasteiger charge is 2.18. The molecule has 0 atom stereocenters. The fraction of sp³-hybridized carbons (Fsp3) is 0.625. The van der Waals surface area contributed by atoms with Crippen molar-refractivity contribution in [2.45, 2.75) is 44.9 Å². The number of aromatic nitrogens is 1. The van der Waals surface area contributed by atoms with Crippen LogP contribution in [0, 0.1) is 5.92 Å². The van der Waals surface area contributed by atoms with E-state index >= 15 is 0 Å². The van der Waals surface area contributed by atoms with Crippen molar-refractivity contribution < 1.29 is 4.79 Å². The predicted molar refractivity (Wildman–Crippen MR) is 76.8 cm³/mol. The lowest BCUT2D eigenvalue weighted by molar-refractivity contribution is -0.131. The lowest BCUT2D eigenvalue weighted by Gasteiger charge is -2.24. The number of rotatable bonds is 5. The molecule has 2 rings (SSSR count). The molecular formula is C16H24N2O. The van der Waals surface area contributed by atoms with Crippen molar-refractivity contribution in [3.05, 3.63) is 30.1 Å². The summed E-state index contributed by atoms with van der Waals surface area (Å²) in [5.74, 6) is 0.936. The molecule has 0 N–H and O–H groups in total. The Morgan fingerprint density at radius 2 is 1.95 bits per heavy atom. The van der Waals surface area contributed by atoms with Gasteiger partial charge in [-0.1, -0.05) is 19.3 Å². The molecule has 1 fully saturated rings. The van der Waals surface area contributed by atoms with Gasteiger partial charge in [-0.15, -0.1) is 0 Å². The van der Waals surface area contributed by atoms with E-state index in [1.54, 1.807) is 12.4 Å². The van der Waals surface area contributed by atoms with Crippen LogP contribution >= 0.6 is 0 Å². The van der Waals surface area contributed by atoms with E-state index < -0.39 is 0 Å². The van der Waals surface area contributed by atoms with Crippen LogP contribution in [0.15, 0.2) is 24.5 Å². The molecule has 0 unspecified atom stereocenters. The van der Waals surface area contributed by atoms with Crippen LogP contribution in [0.25, 0.3) is 0 Å². The summed E-state index contributed by atoms with van der Waals surface area (Å²) in [4.78, 5) is 18.0. The number of carbonyl (C=O) groups excluding carboxylic acids is 1. The van der Waals surface area contributed by atoms with E-state index in [1.165, 1.54) is 37.7 Å². The van der Waals surface area contributed by atoms with Crippen LogP contribution in [0.1, 0.15) is 44.1 Å². The van der Waals surface area contributed by atoms with Gasteiger partial charge in [-0.2, -0.15) is 0 Å². The summed E-state index contributed by atoms with van der Waals surface area (Å²) < 4.78 is 0. The minimum Gasteiger partial charge on any atom is -0.345 e. The van der Waals surface area contributed by atoms with Crippen LogP contribution < -0.4 is 0 Å². The highest BCUT2D eigenvalue weighted by molar-refractivity contribution is 5.76. The number of hydrogen-bond donors (Lipinski definition) is 0. The standard InChI is InChI=1S/C16H24N2O/c1-18(12-9-14-7-10-17-11-8-14)16(19)13-15-5-3-2-4-6-15/h7-8,10-11,15H,2-6,9,12-13H2,1H3. The zero-order valence-corrected chi connectivity index (χ0v) is 11.8. The van der Waals surface area contributed by atoms with Crippen LogP contribution in [0.5, 0.6) is 0 Å². The molecule has 1 saturated carbocycles. The Morgan fingerprint density at radius 1 is 1.26 bits per heavy atom. The molecule has 3 nitrogen and oxygen atoms in total. The van der Waals surface area contributed by atoms with Crippen LogP contribution in [0.2, 0.25) is 0 Å². The summed E-state index contributed by atoms with van der Waals surface area (Å²) >= 11 is 0. The molecule has 1 aromatic rings. The van der Waals surface area contributed by atoms with E-state index in [1.807, 2.05) is 24.1 Å². The Balaban J connectivity index is 1.72. The fourth-order valence-corrected chi connectivity index (χ4v) is 2.77. The van der Waals surface area contributed by atoms with Crippen molar-refractivity contribution in [1.82, 2.24) is 9.88 Å². The fourth-order valence-electron chi connectivity index (χ4n) is 2.77. The van der Waals surface area contributed by atoms with Crippen molar-refractivity contribution in [3.63, 3.8) is 0 Å². The maximum absolute atomic E-state index is 12.1. The molecule has 3 heteroatoms. The molecule has 1 aliphatic rings. The van der Waals surface area contributed by atoms with Gasteiger partial charge in [0.15, 0.2) is 0 Å². The predicted octanol–water partition coefficient (Wildman–Crippen LogP) is 3.05. The average molecular weight is 260 g/mol. The Hall–Kier alpha value is -1.38. The highest BCUT2D eigenvalue weighted by Crippen LogP contribution is 2.26. The van der Waals surface area contributed by atoms with Gasteiger partial charge in [-0.05, 0) is 42.9 Å². The van der Waals surface area contributed by atoms with Gasteiger partial charge in [0.2, 0.25) is 5.91 Å². The minimum atomic E-state index is 0.306. The highest BCUT2D eigenvalue weighted by atomic mass is 16.2. The smallest absolute Gasteiger partial charge is 0.222 e. The number of likely N-dealkylation sites (N-methyl/N-ethyl adjacent to an activating group) is 1. The molecule has 0 spiro atoms. The largest absolute Gasteiger partial charge is 0.345 e. The molecule has 0 bridgehead atoms. The van der Waals surface area contributed by atoms with E-state index in [4.69, 9.17) is 0 Å². The van der Waals surface area contributed by atoms with Gasteiger partial charge in [0, 0.05) is 32.4 Å². The zero-order valence-electron chi connectivity index (χ0n) is 11.8. The molecular weight excluding hydrogens is 236 g/mol. The second-order valence-electron chi connectivity index (χ2n) is 5.63. The quantitative estimate of drug-likeness (QED) is 0.815. The van der Waals surface area contributed by atoms with Crippen LogP contribution in [-0.2, 0) is 11.2 Å². The minimum absolute atomic E-state index is 0.306. The Morgan fingerprint density at radius 3 is 2.63 bits per heavy atom. The third-order valence-electron chi connectivity index (χ3n) is 4.10. The van der Waals surface area contributed by atoms with Crippen molar-refractivity contribution in [1.29, 1.82) is 0 Å². The van der Waals surface area contributed by atoms with Gasteiger partial charge >= 0.3 is 0 Å². The van der Waals surface area contributed by atoms with Crippen molar-refractivity contribution in [2.24, 2.45) is 5.92 Å². The molecule has 0 aromatic carbocycles. The number of nitrogens with zero attached hydrogens (tertiary/aromatic N) is 2. The Labute approximate surface area is 116 Å². The molecule has 0 saturated heterocycles. The van der Waals surface area contributed by atoms with E-state index in [-0.39, 0.29) is 0 Å². The average Bonchev–Trinajstić information content (AvgIpc) is 2.47. The molecule has 1 aromatic heterocycles. The maximum Gasteiger partial charge on any atom is 0.222 e. The zero-order chi connectivity index (χ0) is 13.5. The van der Waals surface area contributed by atoms with E-state index in [2.05, 4.69) is 4.98 Å². The van der Waals surface area contributed by atoms with Gasteiger partial charge in [0.05, 0.1) is 0 Å². The normalized spacial score (nSPS) is 16.3. The van der Waals surface area contributed by atoms with E-state index in [0.717, 1.165) is 19.4 Å². The summed E-state index contributed by atoms with van der Waals surface area (Å²) in [5, 5.41) is 0. The summed E-state index contributed by atoms with van der Waals surface area (Å²) in [6.07, 6.45) is 11.7. The number of carbonyl (C=O) groups is 1. The lowest BCUT2D eigenvalue weighted by Crippen LogP contribution is -2.30. The number of pyridine rings is 1. The Kier molecular flexibility index (Phi) is 5.37. The van der Waals surface area contributed by atoms with Crippen molar-refractivity contribution >= 4 is 5.91 Å². The topological polar surface area (TPSA) is 33.2 Å². The molecule has 1 aliphatic carbocycles. The third-order valence-corrected chi connectivity index (χ3v) is 4.10. The van der Waals surface area contributed by atoms with Gasteiger partial charge in [-0.25, -0.2) is 0 Å². The van der Waals surface area contributed by atoms with E-state index in [9.17, 15) is 4.79 Å². The summed E-state index contributed by atoms with van der Waals surface area (Å²) in [6.45, 7) is 0.801. The second-order valence-corrected chi connectivity index (χ2v) is 5.63. The SMILES string of the molecule is CN(CCc1ccncc1)C(=O)CC1CCCCC1. The summed E-state index contributed by atoms with van der Waals surface area (Å²) in [5.41, 5.74) is 1.24. The molecule has 1 heterocycles. The molecule has 104 valence electrons. The molecule has 1 amide bonds. The number of hydrogen-bond acceptors (Lipinski definition) is 2. The van der Waals surface area contributed by atoms with E-state index in [0.29, 0.717) is 11.8 Å². The molecule has 0 radical (unpaired) electrons. The first kappa shape index (κ1) is 14.0. The van der Waals surface area contributed by atoms with Crippen molar-refractivity contribution in [2.75, 3.05) is 13.6 Å². The molecule has 0 aliphatic heterocycles. The first-order valence-corrected chi connectivity index (χ1v) is 7.38. The van der Waals surface area contributed by atoms with Gasteiger partial charge in [0.1, 0.15) is 0 Å². The third kappa shape index (κ3) is 4.66. The molecule has 19 heavy (non-hydrogen) atoms. The summed E-state index contributed by atoms with van der Waals surface area (Å²) in [7, 11) is 1.92.